The Bertz CT molecular complexity index is 616. The molecule has 1 unspecified atom stereocenters. The Morgan fingerprint density at radius 1 is 1.21 bits per heavy atom. The third-order valence-electron chi connectivity index (χ3n) is 4.62. The monoisotopic (exact) mass is 256 g/mol. The van der Waals surface area contributed by atoms with Crippen LogP contribution in [0.2, 0.25) is 0 Å². The zero-order valence-electron chi connectivity index (χ0n) is 12.5. The molecule has 0 radical (unpaired) electrons. The molecular weight excluding hydrogens is 232 g/mol. The molecule has 1 atom stereocenters. The molecule has 1 aromatic heterocycles. The average Bonchev–Trinajstić information content (AvgIpc) is 2.62. The van der Waals surface area contributed by atoms with Gasteiger partial charge in [0.1, 0.15) is 0 Å². The number of hydrogen-bond donors (Lipinski definition) is 1. The van der Waals surface area contributed by atoms with Gasteiger partial charge in [-0.3, -0.25) is 0 Å². The fourth-order valence-corrected chi connectivity index (χ4v) is 3.87. The van der Waals surface area contributed by atoms with E-state index in [1.54, 1.807) is 0 Å². The lowest BCUT2D eigenvalue weighted by molar-refractivity contribution is 0.447. The quantitative estimate of drug-likeness (QED) is 0.825. The maximum Gasteiger partial charge on any atom is 0.0488 e. The zero-order chi connectivity index (χ0) is 13.6. The normalized spacial score (nSPS) is 20.1. The molecule has 0 aliphatic carbocycles. The van der Waals surface area contributed by atoms with Crippen LogP contribution in [-0.4, -0.2) is 17.7 Å². The van der Waals surface area contributed by atoms with Gasteiger partial charge in [0.25, 0.3) is 0 Å². The van der Waals surface area contributed by atoms with Crippen LogP contribution in [0.5, 0.6) is 0 Å². The van der Waals surface area contributed by atoms with E-state index in [9.17, 15) is 0 Å². The zero-order valence-corrected chi connectivity index (χ0v) is 12.5. The summed E-state index contributed by atoms with van der Waals surface area (Å²) in [6.45, 7) is 9.04. The number of benzene rings is 1. The Morgan fingerprint density at radius 2 is 2.00 bits per heavy atom. The molecule has 0 amide bonds. The minimum atomic E-state index is 0.672. The third kappa shape index (κ3) is 1.99. The first-order valence-electron chi connectivity index (χ1n) is 7.36. The van der Waals surface area contributed by atoms with Crippen LogP contribution in [0.15, 0.2) is 12.1 Å². The van der Waals surface area contributed by atoms with Crippen LogP contribution in [0, 0.1) is 20.8 Å². The fraction of sp³-hybridized carbons (Fsp3) is 0.529. The molecule has 1 aliphatic heterocycles. The second-order valence-electron chi connectivity index (χ2n) is 6.09. The minimum Gasteiger partial charge on any atom is -0.347 e. The van der Waals surface area contributed by atoms with Gasteiger partial charge < -0.3 is 9.88 Å². The molecule has 0 saturated carbocycles. The SMILES string of the molecule is Cc1cc(C)c2c(C)c(C3CCCNC3)n(C)c2c1. The highest BCUT2D eigenvalue weighted by atomic mass is 15.0. The van der Waals surface area contributed by atoms with Gasteiger partial charge in [0.2, 0.25) is 0 Å². The number of nitrogens with one attached hydrogen (secondary N) is 1. The molecule has 2 heterocycles. The van der Waals surface area contributed by atoms with Gasteiger partial charge in [-0.05, 0) is 62.9 Å². The lowest BCUT2D eigenvalue weighted by Gasteiger charge is -2.24. The van der Waals surface area contributed by atoms with Crippen molar-refractivity contribution in [2.75, 3.05) is 13.1 Å². The molecule has 2 heteroatoms. The summed E-state index contributed by atoms with van der Waals surface area (Å²) in [6.07, 6.45) is 2.61. The maximum atomic E-state index is 3.54. The van der Waals surface area contributed by atoms with Crippen molar-refractivity contribution in [1.82, 2.24) is 9.88 Å². The van der Waals surface area contributed by atoms with Crippen LogP contribution in [-0.2, 0) is 7.05 Å². The molecule has 0 spiro atoms. The van der Waals surface area contributed by atoms with Crippen molar-refractivity contribution in [1.29, 1.82) is 0 Å². The average molecular weight is 256 g/mol. The van der Waals surface area contributed by atoms with Crippen LogP contribution in [0.25, 0.3) is 10.9 Å². The van der Waals surface area contributed by atoms with E-state index in [1.165, 1.54) is 52.7 Å². The molecule has 1 aromatic carbocycles. The number of rotatable bonds is 1. The second-order valence-corrected chi connectivity index (χ2v) is 6.09. The van der Waals surface area contributed by atoms with E-state index in [2.05, 4.69) is 49.8 Å². The Hall–Kier alpha value is -1.28. The predicted molar refractivity (Wildman–Crippen MR) is 82.0 cm³/mol. The maximum absolute atomic E-state index is 3.54. The van der Waals surface area contributed by atoms with Gasteiger partial charge in [-0.15, -0.1) is 0 Å². The van der Waals surface area contributed by atoms with Gasteiger partial charge >= 0.3 is 0 Å². The molecule has 1 saturated heterocycles. The summed E-state index contributed by atoms with van der Waals surface area (Å²) in [7, 11) is 2.23. The molecule has 1 N–H and O–H groups in total. The van der Waals surface area contributed by atoms with E-state index >= 15 is 0 Å². The lowest BCUT2D eigenvalue weighted by atomic mass is 9.92. The van der Waals surface area contributed by atoms with Crippen LogP contribution in [0.3, 0.4) is 0 Å². The molecule has 19 heavy (non-hydrogen) atoms. The van der Waals surface area contributed by atoms with Crippen molar-refractivity contribution in [3.05, 3.63) is 34.5 Å². The smallest absolute Gasteiger partial charge is 0.0488 e. The number of hydrogen-bond acceptors (Lipinski definition) is 1. The first-order valence-corrected chi connectivity index (χ1v) is 7.36. The summed E-state index contributed by atoms with van der Waals surface area (Å²) >= 11 is 0. The highest BCUT2D eigenvalue weighted by Crippen LogP contribution is 2.35. The number of aryl methyl sites for hydroxylation is 4. The van der Waals surface area contributed by atoms with Gasteiger partial charge in [-0.1, -0.05) is 6.07 Å². The van der Waals surface area contributed by atoms with E-state index in [0.29, 0.717) is 5.92 Å². The van der Waals surface area contributed by atoms with Crippen LogP contribution in [0.1, 0.15) is 41.1 Å². The van der Waals surface area contributed by atoms with Crippen molar-refractivity contribution in [2.24, 2.45) is 7.05 Å². The number of aromatic nitrogens is 1. The topological polar surface area (TPSA) is 17.0 Å². The van der Waals surface area contributed by atoms with E-state index in [0.717, 1.165) is 6.54 Å². The highest BCUT2D eigenvalue weighted by Gasteiger charge is 2.23. The van der Waals surface area contributed by atoms with Crippen molar-refractivity contribution in [3.8, 4) is 0 Å². The van der Waals surface area contributed by atoms with E-state index < -0.39 is 0 Å². The van der Waals surface area contributed by atoms with Gasteiger partial charge in [-0.25, -0.2) is 0 Å². The number of fused-ring (bicyclic) bond motifs is 1. The summed E-state index contributed by atoms with van der Waals surface area (Å²) in [5.74, 6) is 0.672. The Kier molecular flexibility index (Phi) is 3.14. The first-order chi connectivity index (χ1) is 9.09. The molecule has 3 rings (SSSR count). The predicted octanol–water partition coefficient (Wildman–Crippen LogP) is 3.57. The molecule has 1 fully saturated rings. The van der Waals surface area contributed by atoms with Crippen molar-refractivity contribution < 1.29 is 0 Å². The van der Waals surface area contributed by atoms with Crippen molar-refractivity contribution in [2.45, 2.75) is 39.5 Å². The highest BCUT2D eigenvalue weighted by molar-refractivity contribution is 5.89. The summed E-state index contributed by atoms with van der Waals surface area (Å²) in [6, 6.07) is 4.63. The summed E-state index contributed by atoms with van der Waals surface area (Å²) in [4.78, 5) is 0. The number of nitrogens with zero attached hydrogens (tertiary/aromatic N) is 1. The second kappa shape index (κ2) is 4.68. The number of piperidine rings is 1. The Balaban J connectivity index is 2.22. The van der Waals surface area contributed by atoms with Crippen LogP contribution in [0.4, 0.5) is 0 Å². The van der Waals surface area contributed by atoms with E-state index in [4.69, 9.17) is 0 Å². The minimum absolute atomic E-state index is 0.672. The van der Waals surface area contributed by atoms with Gasteiger partial charge in [0.05, 0.1) is 0 Å². The van der Waals surface area contributed by atoms with Gasteiger partial charge in [-0.2, -0.15) is 0 Å². The summed E-state index contributed by atoms with van der Waals surface area (Å²) < 4.78 is 2.43. The summed E-state index contributed by atoms with van der Waals surface area (Å²) in [5, 5.41) is 5.01. The molecule has 102 valence electrons. The van der Waals surface area contributed by atoms with Crippen LogP contribution >= 0.6 is 0 Å². The van der Waals surface area contributed by atoms with E-state index in [1.807, 2.05) is 0 Å². The summed E-state index contributed by atoms with van der Waals surface area (Å²) in [5.41, 5.74) is 7.20. The molecule has 2 nitrogen and oxygen atoms in total. The molecule has 0 bridgehead atoms. The Morgan fingerprint density at radius 3 is 2.68 bits per heavy atom. The molecule has 1 aliphatic rings. The van der Waals surface area contributed by atoms with Crippen molar-refractivity contribution in [3.63, 3.8) is 0 Å². The standard InChI is InChI=1S/C17H24N2/c1-11-8-12(2)16-13(3)17(19(4)15(16)9-11)14-6-5-7-18-10-14/h8-9,14,18H,5-7,10H2,1-4H3. The third-order valence-corrected chi connectivity index (χ3v) is 4.62. The first kappa shape index (κ1) is 12.7. The van der Waals surface area contributed by atoms with Crippen molar-refractivity contribution >= 4 is 10.9 Å². The molecule has 2 aromatic rings. The van der Waals surface area contributed by atoms with Gasteiger partial charge in [0, 0.05) is 36.1 Å². The lowest BCUT2D eigenvalue weighted by Crippen LogP contribution is -2.29. The fourth-order valence-electron chi connectivity index (χ4n) is 3.87. The van der Waals surface area contributed by atoms with Crippen LogP contribution < -0.4 is 5.32 Å². The van der Waals surface area contributed by atoms with Gasteiger partial charge in [0.15, 0.2) is 0 Å². The Labute approximate surface area is 115 Å². The molecular formula is C17H24N2. The van der Waals surface area contributed by atoms with E-state index in [-0.39, 0.29) is 0 Å². The largest absolute Gasteiger partial charge is 0.347 e.